The zero-order chi connectivity index (χ0) is 17.9. The molecule has 2 aromatic carbocycles. The van der Waals surface area contributed by atoms with Crippen LogP contribution in [0.1, 0.15) is 24.5 Å². The van der Waals surface area contributed by atoms with Gasteiger partial charge in [-0.1, -0.05) is 28.9 Å². The summed E-state index contributed by atoms with van der Waals surface area (Å²) < 4.78 is 28.7. The monoisotopic (exact) mass is 422 g/mol. The minimum Gasteiger partial charge on any atom is -0.303 e. The fourth-order valence-corrected chi connectivity index (χ4v) is 4.52. The number of sulfonamides is 1. The van der Waals surface area contributed by atoms with Gasteiger partial charge in [0.25, 0.3) is 10.0 Å². The highest BCUT2D eigenvalue weighted by molar-refractivity contribution is 9.10. The fraction of sp³-hybridized carbons (Fsp3) is 0.368. The average Bonchev–Trinajstić information content (AvgIpc) is 2.78. The van der Waals surface area contributed by atoms with Crippen LogP contribution in [0.2, 0.25) is 0 Å². The van der Waals surface area contributed by atoms with Crippen LogP contribution in [0.5, 0.6) is 0 Å². The predicted octanol–water partition coefficient (Wildman–Crippen LogP) is 4.06. The van der Waals surface area contributed by atoms with E-state index in [0.717, 1.165) is 43.4 Å². The van der Waals surface area contributed by atoms with Gasteiger partial charge in [0.1, 0.15) is 0 Å². The average molecular weight is 423 g/mol. The number of nitrogens with one attached hydrogen (secondary N) is 1. The van der Waals surface area contributed by atoms with Crippen molar-refractivity contribution in [1.82, 2.24) is 4.90 Å². The van der Waals surface area contributed by atoms with Crippen molar-refractivity contribution in [3.63, 3.8) is 0 Å². The summed E-state index contributed by atoms with van der Waals surface area (Å²) in [6, 6.07) is 12.6. The van der Waals surface area contributed by atoms with Gasteiger partial charge >= 0.3 is 0 Å². The molecule has 0 radical (unpaired) electrons. The number of hydrogen-bond donors (Lipinski definition) is 1. The van der Waals surface area contributed by atoms with Crippen LogP contribution in [0.3, 0.4) is 0 Å². The molecule has 1 heterocycles. The van der Waals surface area contributed by atoms with Gasteiger partial charge in [-0.15, -0.1) is 0 Å². The Morgan fingerprint density at radius 3 is 2.40 bits per heavy atom. The SMILES string of the molecule is CCCN1CCc2ccc(NS(=O)(=O)c3ccc(Br)cc3)cc2CC1. The molecule has 25 heavy (non-hydrogen) atoms. The molecule has 0 amide bonds. The fourth-order valence-electron chi connectivity index (χ4n) is 3.20. The lowest BCUT2D eigenvalue weighted by Gasteiger charge is -2.18. The lowest BCUT2D eigenvalue weighted by Crippen LogP contribution is -2.27. The number of hydrogen-bond acceptors (Lipinski definition) is 3. The molecule has 1 N–H and O–H groups in total. The molecule has 0 fully saturated rings. The maximum atomic E-state index is 12.6. The number of rotatable bonds is 5. The molecular formula is C19H23BrN2O2S. The molecule has 1 aliphatic rings. The van der Waals surface area contributed by atoms with Crippen molar-refractivity contribution < 1.29 is 8.42 Å². The molecule has 4 nitrogen and oxygen atoms in total. The van der Waals surface area contributed by atoms with Crippen LogP contribution < -0.4 is 4.72 Å². The van der Waals surface area contributed by atoms with E-state index < -0.39 is 10.0 Å². The first-order valence-electron chi connectivity index (χ1n) is 8.60. The van der Waals surface area contributed by atoms with Crippen LogP contribution in [-0.2, 0) is 22.9 Å². The van der Waals surface area contributed by atoms with Gasteiger partial charge in [0.2, 0.25) is 0 Å². The molecule has 0 unspecified atom stereocenters. The standard InChI is InChI=1S/C19H23BrN2O2S/c1-2-11-22-12-9-15-3-6-18(14-16(15)10-13-22)21-25(23,24)19-7-4-17(20)5-8-19/h3-8,14,21H,2,9-13H2,1H3. The molecule has 0 atom stereocenters. The highest BCUT2D eigenvalue weighted by Crippen LogP contribution is 2.23. The first kappa shape index (κ1) is 18.4. The Bertz CT molecular complexity index is 835. The van der Waals surface area contributed by atoms with E-state index in [4.69, 9.17) is 0 Å². The summed E-state index contributed by atoms with van der Waals surface area (Å²) >= 11 is 3.32. The van der Waals surface area contributed by atoms with Crippen LogP contribution in [0, 0.1) is 0 Å². The summed E-state index contributed by atoms with van der Waals surface area (Å²) in [5.74, 6) is 0. The van der Waals surface area contributed by atoms with Gasteiger partial charge in [-0.2, -0.15) is 0 Å². The molecule has 0 aromatic heterocycles. The van der Waals surface area contributed by atoms with Crippen molar-refractivity contribution >= 4 is 31.6 Å². The third kappa shape index (κ3) is 4.63. The maximum absolute atomic E-state index is 12.6. The third-order valence-electron chi connectivity index (χ3n) is 4.52. The predicted molar refractivity (Wildman–Crippen MR) is 106 cm³/mol. The molecule has 6 heteroatoms. The van der Waals surface area contributed by atoms with Crippen molar-refractivity contribution in [2.45, 2.75) is 31.1 Å². The highest BCUT2D eigenvalue weighted by Gasteiger charge is 2.17. The van der Waals surface area contributed by atoms with Gasteiger partial charge in [0.05, 0.1) is 4.90 Å². The number of halogens is 1. The third-order valence-corrected chi connectivity index (χ3v) is 6.44. The number of fused-ring (bicyclic) bond motifs is 1. The summed E-state index contributed by atoms with van der Waals surface area (Å²) in [6.07, 6.45) is 3.15. The molecular weight excluding hydrogens is 400 g/mol. The topological polar surface area (TPSA) is 49.4 Å². The Morgan fingerprint density at radius 1 is 1.04 bits per heavy atom. The second kappa shape index (κ2) is 7.89. The van der Waals surface area contributed by atoms with Crippen molar-refractivity contribution in [2.24, 2.45) is 0 Å². The summed E-state index contributed by atoms with van der Waals surface area (Å²) in [5.41, 5.74) is 3.20. The normalized spacial score (nSPS) is 15.4. The Kier molecular flexibility index (Phi) is 5.81. The van der Waals surface area contributed by atoms with Crippen LogP contribution in [0.25, 0.3) is 0 Å². The Morgan fingerprint density at radius 2 is 1.72 bits per heavy atom. The summed E-state index contributed by atoms with van der Waals surface area (Å²) in [5, 5.41) is 0. The molecule has 0 spiro atoms. The van der Waals surface area contributed by atoms with Crippen LogP contribution in [0.4, 0.5) is 5.69 Å². The maximum Gasteiger partial charge on any atom is 0.261 e. The zero-order valence-corrected chi connectivity index (χ0v) is 16.7. The number of benzene rings is 2. The molecule has 1 aliphatic heterocycles. The summed E-state index contributed by atoms with van der Waals surface area (Å²) in [7, 11) is -3.57. The smallest absolute Gasteiger partial charge is 0.261 e. The molecule has 0 saturated carbocycles. The molecule has 2 aromatic rings. The van der Waals surface area contributed by atoms with E-state index in [1.807, 2.05) is 12.1 Å². The van der Waals surface area contributed by atoms with Gasteiger partial charge in [-0.25, -0.2) is 8.42 Å². The lowest BCUT2D eigenvalue weighted by atomic mass is 10.0. The minimum atomic E-state index is -3.57. The summed E-state index contributed by atoms with van der Waals surface area (Å²) in [6.45, 7) is 5.43. The van der Waals surface area contributed by atoms with E-state index in [2.05, 4.69) is 38.5 Å². The van der Waals surface area contributed by atoms with Crippen molar-refractivity contribution in [2.75, 3.05) is 24.4 Å². The zero-order valence-electron chi connectivity index (χ0n) is 14.3. The Labute approximate surface area is 158 Å². The first-order valence-corrected chi connectivity index (χ1v) is 10.9. The molecule has 134 valence electrons. The minimum absolute atomic E-state index is 0.264. The van der Waals surface area contributed by atoms with E-state index >= 15 is 0 Å². The number of anilines is 1. The highest BCUT2D eigenvalue weighted by atomic mass is 79.9. The summed E-state index contributed by atoms with van der Waals surface area (Å²) in [4.78, 5) is 2.74. The van der Waals surface area contributed by atoms with E-state index in [1.165, 1.54) is 11.1 Å². The van der Waals surface area contributed by atoms with Crippen molar-refractivity contribution in [3.8, 4) is 0 Å². The van der Waals surface area contributed by atoms with E-state index in [0.29, 0.717) is 5.69 Å². The second-order valence-corrected chi connectivity index (χ2v) is 8.98. The quantitative estimate of drug-likeness (QED) is 0.789. The van der Waals surface area contributed by atoms with Crippen LogP contribution >= 0.6 is 15.9 Å². The van der Waals surface area contributed by atoms with Gasteiger partial charge in [0.15, 0.2) is 0 Å². The van der Waals surface area contributed by atoms with Gasteiger partial charge in [0, 0.05) is 23.2 Å². The van der Waals surface area contributed by atoms with Crippen molar-refractivity contribution in [3.05, 3.63) is 58.1 Å². The second-order valence-electron chi connectivity index (χ2n) is 6.38. The van der Waals surface area contributed by atoms with E-state index in [9.17, 15) is 8.42 Å². The molecule has 0 aliphatic carbocycles. The Hall–Kier alpha value is -1.37. The van der Waals surface area contributed by atoms with Gasteiger partial charge in [-0.05, 0) is 73.3 Å². The van der Waals surface area contributed by atoms with Crippen molar-refractivity contribution in [1.29, 1.82) is 0 Å². The van der Waals surface area contributed by atoms with E-state index in [1.54, 1.807) is 24.3 Å². The Balaban J connectivity index is 1.78. The molecule has 0 bridgehead atoms. The van der Waals surface area contributed by atoms with Crippen LogP contribution in [-0.4, -0.2) is 33.0 Å². The van der Waals surface area contributed by atoms with Crippen LogP contribution in [0.15, 0.2) is 51.8 Å². The van der Waals surface area contributed by atoms with Gasteiger partial charge in [-0.3, -0.25) is 4.72 Å². The molecule has 0 saturated heterocycles. The van der Waals surface area contributed by atoms with E-state index in [-0.39, 0.29) is 4.90 Å². The lowest BCUT2D eigenvalue weighted by molar-refractivity contribution is 0.288. The first-order chi connectivity index (χ1) is 12.0. The van der Waals surface area contributed by atoms with Gasteiger partial charge < -0.3 is 4.90 Å². The largest absolute Gasteiger partial charge is 0.303 e. The number of nitrogens with zero attached hydrogens (tertiary/aromatic N) is 1. The molecule has 3 rings (SSSR count).